The minimum absolute atomic E-state index is 0. The summed E-state index contributed by atoms with van der Waals surface area (Å²) in [6.45, 7) is 3.25. The van der Waals surface area contributed by atoms with Crippen LogP contribution in [0.5, 0.6) is 5.75 Å². The Morgan fingerprint density at radius 1 is 1.42 bits per heavy atom. The Labute approximate surface area is 125 Å². The SMILES string of the molecule is COc1cccc(CN2CSC(CCO)=C2C)c1.Cl. The number of nitrogens with zero attached hydrogens (tertiary/aromatic N) is 1. The molecule has 2 rings (SSSR count). The first-order valence-corrected chi connectivity index (χ1v) is 7.04. The van der Waals surface area contributed by atoms with E-state index in [4.69, 9.17) is 9.84 Å². The molecular weight excluding hydrogens is 282 g/mol. The van der Waals surface area contributed by atoms with Gasteiger partial charge in [-0.1, -0.05) is 12.1 Å². The van der Waals surface area contributed by atoms with Crippen molar-refractivity contribution >= 4 is 24.2 Å². The van der Waals surface area contributed by atoms with E-state index >= 15 is 0 Å². The predicted octanol–water partition coefficient (Wildman–Crippen LogP) is 3.24. The fourth-order valence-corrected chi connectivity index (χ4v) is 3.21. The summed E-state index contributed by atoms with van der Waals surface area (Å²) in [5.74, 6) is 1.87. The molecule has 1 heterocycles. The first-order valence-electron chi connectivity index (χ1n) is 6.06. The highest BCUT2D eigenvalue weighted by Crippen LogP contribution is 2.34. The van der Waals surface area contributed by atoms with Gasteiger partial charge in [0.25, 0.3) is 0 Å². The van der Waals surface area contributed by atoms with Crippen LogP contribution in [0.1, 0.15) is 18.9 Å². The van der Waals surface area contributed by atoms with Crippen molar-refractivity contribution in [3.05, 3.63) is 40.4 Å². The van der Waals surface area contributed by atoms with E-state index in [0.29, 0.717) is 0 Å². The Hall–Kier alpha value is -0.840. The molecule has 0 atom stereocenters. The molecule has 1 aliphatic rings. The maximum absolute atomic E-state index is 9.01. The van der Waals surface area contributed by atoms with Crippen molar-refractivity contribution in [3.63, 3.8) is 0 Å². The normalized spacial score (nSPS) is 14.6. The zero-order chi connectivity index (χ0) is 13.0. The van der Waals surface area contributed by atoms with Crippen LogP contribution in [0.4, 0.5) is 0 Å². The Morgan fingerprint density at radius 2 is 2.21 bits per heavy atom. The van der Waals surface area contributed by atoms with E-state index in [2.05, 4.69) is 24.0 Å². The summed E-state index contributed by atoms with van der Waals surface area (Å²) in [6, 6.07) is 8.17. The molecule has 19 heavy (non-hydrogen) atoms. The lowest BCUT2D eigenvalue weighted by Gasteiger charge is -2.19. The lowest BCUT2D eigenvalue weighted by atomic mass is 10.2. The third-order valence-corrected chi connectivity index (χ3v) is 4.41. The van der Waals surface area contributed by atoms with E-state index in [1.54, 1.807) is 7.11 Å². The number of aliphatic hydroxyl groups is 1. The van der Waals surface area contributed by atoms with Crippen molar-refractivity contribution in [2.24, 2.45) is 0 Å². The average molecular weight is 302 g/mol. The highest BCUT2D eigenvalue weighted by Gasteiger charge is 2.19. The molecule has 1 aromatic carbocycles. The van der Waals surface area contributed by atoms with Crippen molar-refractivity contribution in [2.45, 2.75) is 19.9 Å². The van der Waals surface area contributed by atoms with Gasteiger partial charge < -0.3 is 14.7 Å². The number of hydrogen-bond donors (Lipinski definition) is 1. The van der Waals surface area contributed by atoms with Gasteiger partial charge in [0.2, 0.25) is 0 Å². The van der Waals surface area contributed by atoms with Crippen LogP contribution < -0.4 is 4.74 Å². The maximum atomic E-state index is 9.01. The van der Waals surface area contributed by atoms with Gasteiger partial charge in [-0.3, -0.25) is 0 Å². The maximum Gasteiger partial charge on any atom is 0.119 e. The van der Waals surface area contributed by atoms with Crippen LogP contribution in [0.25, 0.3) is 0 Å². The molecular formula is C14H20ClNO2S. The van der Waals surface area contributed by atoms with Crippen LogP contribution in [0.15, 0.2) is 34.9 Å². The van der Waals surface area contributed by atoms with Gasteiger partial charge in [0.1, 0.15) is 5.75 Å². The van der Waals surface area contributed by atoms with E-state index in [-0.39, 0.29) is 19.0 Å². The van der Waals surface area contributed by atoms with Crippen molar-refractivity contribution in [2.75, 3.05) is 19.6 Å². The molecule has 0 aromatic heterocycles. The zero-order valence-electron chi connectivity index (χ0n) is 11.3. The Kier molecular flexibility index (Phi) is 6.55. The largest absolute Gasteiger partial charge is 0.497 e. The predicted molar refractivity (Wildman–Crippen MR) is 82.6 cm³/mol. The van der Waals surface area contributed by atoms with Crippen molar-refractivity contribution in [1.29, 1.82) is 0 Å². The van der Waals surface area contributed by atoms with Gasteiger partial charge >= 0.3 is 0 Å². The molecule has 0 unspecified atom stereocenters. The molecule has 0 saturated carbocycles. The Balaban J connectivity index is 0.00000180. The molecule has 1 N–H and O–H groups in total. The standard InChI is InChI=1S/C14H19NO2S.ClH/c1-11-14(6-7-16)18-10-15(11)9-12-4-3-5-13(8-12)17-2;/h3-5,8,16H,6-7,9-10H2,1-2H3;1H. The van der Waals surface area contributed by atoms with Gasteiger partial charge in [0, 0.05) is 30.2 Å². The summed E-state index contributed by atoms with van der Waals surface area (Å²) in [4.78, 5) is 3.64. The molecule has 3 nitrogen and oxygen atoms in total. The second kappa shape index (κ2) is 7.68. The van der Waals surface area contributed by atoms with Gasteiger partial charge in [-0.15, -0.1) is 24.2 Å². The first kappa shape index (κ1) is 16.2. The summed E-state index contributed by atoms with van der Waals surface area (Å²) < 4.78 is 5.24. The number of aliphatic hydroxyl groups excluding tert-OH is 1. The number of hydrogen-bond acceptors (Lipinski definition) is 4. The molecule has 1 aliphatic heterocycles. The van der Waals surface area contributed by atoms with E-state index in [0.717, 1.165) is 24.6 Å². The van der Waals surface area contributed by atoms with Crippen molar-refractivity contribution in [3.8, 4) is 5.75 Å². The minimum Gasteiger partial charge on any atom is -0.497 e. The van der Waals surface area contributed by atoms with Crippen LogP contribution in [0, 0.1) is 0 Å². The lowest BCUT2D eigenvalue weighted by molar-refractivity contribution is 0.300. The second-order valence-corrected chi connectivity index (χ2v) is 5.34. The van der Waals surface area contributed by atoms with Crippen molar-refractivity contribution < 1.29 is 9.84 Å². The summed E-state index contributed by atoms with van der Waals surface area (Å²) >= 11 is 1.83. The number of halogens is 1. The Morgan fingerprint density at radius 3 is 2.89 bits per heavy atom. The van der Waals surface area contributed by atoms with Crippen molar-refractivity contribution in [1.82, 2.24) is 4.90 Å². The summed E-state index contributed by atoms with van der Waals surface area (Å²) in [7, 11) is 1.69. The molecule has 0 amide bonds. The zero-order valence-corrected chi connectivity index (χ0v) is 12.9. The molecule has 1 aromatic rings. The lowest BCUT2D eigenvalue weighted by Crippen LogP contribution is -2.17. The number of ether oxygens (including phenoxy) is 1. The van der Waals surface area contributed by atoms with Crippen LogP contribution in [-0.4, -0.2) is 29.6 Å². The van der Waals surface area contributed by atoms with E-state index < -0.39 is 0 Å². The third kappa shape index (κ3) is 4.06. The quantitative estimate of drug-likeness (QED) is 0.905. The molecule has 5 heteroatoms. The molecule has 0 bridgehead atoms. The van der Waals surface area contributed by atoms with E-state index in [1.807, 2.05) is 23.9 Å². The first-order chi connectivity index (χ1) is 8.74. The van der Waals surface area contributed by atoms with Gasteiger partial charge in [0.05, 0.1) is 13.0 Å². The van der Waals surface area contributed by atoms with E-state index in [1.165, 1.54) is 16.2 Å². The fraction of sp³-hybridized carbons (Fsp3) is 0.429. The number of thioether (sulfide) groups is 1. The van der Waals surface area contributed by atoms with Gasteiger partial charge in [-0.25, -0.2) is 0 Å². The number of rotatable bonds is 5. The van der Waals surface area contributed by atoms with E-state index in [9.17, 15) is 0 Å². The summed E-state index contributed by atoms with van der Waals surface area (Å²) in [5, 5.41) is 9.01. The Bertz CT molecular complexity index is 451. The minimum atomic E-state index is 0. The third-order valence-electron chi connectivity index (χ3n) is 3.12. The van der Waals surface area contributed by atoms with Crippen LogP contribution >= 0.6 is 24.2 Å². The molecule has 106 valence electrons. The molecule has 0 saturated heterocycles. The number of methoxy groups -OCH3 is 1. The summed E-state index contributed by atoms with van der Waals surface area (Å²) in [5.41, 5.74) is 2.54. The number of allylic oxidation sites excluding steroid dienone is 1. The van der Waals surface area contributed by atoms with Crippen LogP contribution in [-0.2, 0) is 6.54 Å². The van der Waals surface area contributed by atoms with Crippen LogP contribution in [0.2, 0.25) is 0 Å². The highest BCUT2D eigenvalue weighted by molar-refractivity contribution is 8.03. The van der Waals surface area contributed by atoms with Gasteiger partial charge in [0.15, 0.2) is 0 Å². The molecule has 0 fully saturated rings. The molecule has 0 aliphatic carbocycles. The molecule has 0 radical (unpaired) electrons. The van der Waals surface area contributed by atoms with Gasteiger partial charge in [-0.05, 0) is 24.6 Å². The summed E-state index contributed by atoms with van der Waals surface area (Å²) in [6.07, 6.45) is 0.769. The monoisotopic (exact) mass is 301 g/mol. The topological polar surface area (TPSA) is 32.7 Å². The number of benzene rings is 1. The second-order valence-electron chi connectivity index (χ2n) is 4.31. The highest BCUT2D eigenvalue weighted by atomic mass is 35.5. The molecule has 0 spiro atoms. The van der Waals surface area contributed by atoms with Crippen LogP contribution in [0.3, 0.4) is 0 Å². The fourth-order valence-electron chi connectivity index (χ4n) is 2.04. The van der Waals surface area contributed by atoms with Gasteiger partial charge in [-0.2, -0.15) is 0 Å². The smallest absolute Gasteiger partial charge is 0.119 e. The average Bonchev–Trinajstić information content (AvgIpc) is 2.72.